The van der Waals surface area contributed by atoms with Gasteiger partial charge in [-0.15, -0.1) is 0 Å². The van der Waals surface area contributed by atoms with Crippen molar-refractivity contribution < 1.29 is 4.79 Å². The molecule has 0 aromatic rings. The smallest absolute Gasteiger partial charge is 0.231 e. The second-order valence-electron chi connectivity index (χ2n) is 7.34. The molecule has 20 heavy (non-hydrogen) atoms. The first-order valence-electron chi connectivity index (χ1n) is 8.43. The van der Waals surface area contributed by atoms with Crippen LogP contribution in [-0.2, 0) is 4.79 Å². The zero-order valence-electron chi connectivity index (χ0n) is 12.5. The molecule has 2 aliphatic carbocycles. The van der Waals surface area contributed by atoms with E-state index >= 15 is 0 Å². The first-order chi connectivity index (χ1) is 9.69. The third-order valence-corrected chi connectivity index (χ3v) is 5.28. The Hall–Kier alpha value is -0.610. The number of nitrogens with two attached hydrogens (primary N) is 1. The number of carbonyl (C=O) groups is 1. The normalized spacial score (nSPS) is 32.0. The predicted molar refractivity (Wildman–Crippen MR) is 80.2 cm³/mol. The van der Waals surface area contributed by atoms with Crippen molar-refractivity contribution in [3.63, 3.8) is 0 Å². The van der Waals surface area contributed by atoms with Crippen molar-refractivity contribution in [2.45, 2.75) is 51.0 Å². The lowest BCUT2D eigenvalue weighted by Gasteiger charge is -2.39. The lowest BCUT2D eigenvalue weighted by atomic mass is 9.84. The second-order valence-corrected chi connectivity index (χ2v) is 7.34. The predicted octanol–water partition coefficient (Wildman–Crippen LogP) is 1.35. The number of nitrogens with one attached hydrogen (secondary N) is 1. The van der Waals surface area contributed by atoms with Crippen LogP contribution >= 0.6 is 0 Å². The Morgan fingerprint density at radius 2 is 1.90 bits per heavy atom. The highest BCUT2D eigenvalue weighted by Crippen LogP contribution is 2.37. The molecule has 2 atom stereocenters. The molecule has 114 valence electrons. The van der Waals surface area contributed by atoms with Crippen molar-refractivity contribution in [3.8, 4) is 0 Å². The molecule has 3 rings (SSSR count). The number of carbonyl (C=O) groups excluding carboxylic acids is 1. The first kappa shape index (κ1) is 14.3. The summed E-state index contributed by atoms with van der Waals surface area (Å²) in [5, 5.41) is 3.76. The van der Waals surface area contributed by atoms with Gasteiger partial charge in [-0.3, -0.25) is 9.69 Å². The summed E-state index contributed by atoms with van der Waals surface area (Å²) in [7, 11) is 0. The van der Waals surface area contributed by atoms with Crippen molar-refractivity contribution in [2.24, 2.45) is 23.5 Å². The number of primary amides is 1. The van der Waals surface area contributed by atoms with Crippen LogP contribution in [0.15, 0.2) is 0 Å². The van der Waals surface area contributed by atoms with Crippen LogP contribution in [0.2, 0.25) is 0 Å². The zero-order chi connectivity index (χ0) is 13.9. The molecule has 4 heteroatoms. The lowest BCUT2D eigenvalue weighted by molar-refractivity contribution is -0.119. The van der Waals surface area contributed by atoms with Crippen LogP contribution in [0.1, 0.15) is 44.9 Å². The van der Waals surface area contributed by atoms with Crippen LogP contribution in [0.5, 0.6) is 0 Å². The zero-order valence-corrected chi connectivity index (χ0v) is 12.5. The van der Waals surface area contributed by atoms with E-state index in [9.17, 15) is 4.79 Å². The quantitative estimate of drug-likeness (QED) is 0.739. The number of hydrogen-bond acceptors (Lipinski definition) is 3. The maximum absolute atomic E-state index is 11.2. The average Bonchev–Trinajstić information content (AvgIpc) is 3.09. The van der Waals surface area contributed by atoms with Gasteiger partial charge in [-0.05, 0) is 50.0 Å². The Morgan fingerprint density at radius 3 is 2.50 bits per heavy atom. The number of likely N-dealkylation sites (tertiary alicyclic amines) is 1. The summed E-state index contributed by atoms with van der Waals surface area (Å²) in [6, 6.07) is 0.562. The van der Waals surface area contributed by atoms with E-state index in [1.165, 1.54) is 51.5 Å². The van der Waals surface area contributed by atoms with Crippen molar-refractivity contribution >= 4 is 5.91 Å². The van der Waals surface area contributed by atoms with Crippen molar-refractivity contribution in [3.05, 3.63) is 0 Å². The van der Waals surface area contributed by atoms with Gasteiger partial charge in [0.15, 0.2) is 0 Å². The first-order valence-corrected chi connectivity index (χ1v) is 8.43. The summed E-state index contributed by atoms with van der Waals surface area (Å²) in [4.78, 5) is 13.5. The van der Waals surface area contributed by atoms with E-state index in [2.05, 4.69) is 10.2 Å². The van der Waals surface area contributed by atoms with Gasteiger partial charge in [-0.25, -0.2) is 0 Å². The van der Waals surface area contributed by atoms with Crippen LogP contribution in [0.3, 0.4) is 0 Å². The summed E-state index contributed by atoms with van der Waals surface area (Å²) in [6.45, 7) is 3.67. The molecule has 1 heterocycles. The molecule has 3 fully saturated rings. The largest absolute Gasteiger partial charge is 0.369 e. The summed E-state index contributed by atoms with van der Waals surface area (Å²) >= 11 is 0. The minimum Gasteiger partial charge on any atom is -0.369 e. The highest BCUT2D eigenvalue weighted by Gasteiger charge is 2.32. The molecule has 2 saturated carbocycles. The van der Waals surface area contributed by atoms with E-state index in [0.717, 1.165) is 30.8 Å². The molecule has 1 aliphatic heterocycles. The Labute approximate surface area is 122 Å². The van der Waals surface area contributed by atoms with Crippen LogP contribution in [0, 0.1) is 17.8 Å². The standard InChI is InChI=1S/C16H29N3O/c17-16(20)11-19-9-14(6-12-4-5-12)7-15(10-19)18-8-13-2-1-3-13/h12-15,18H,1-11H2,(H2,17,20). The van der Waals surface area contributed by atoms with Gasteiger partial charge < -0.3 is 11.1 Å². The molecule has 0 spiro atoms. The molecule has 4 nitrogen and oxygen atoms in total. The Bertz CT molecular complexity index is 339. The molecule has 1 amide bonds. The van der Waals surface area contributed by atoms with Gasteiger partial charge in [0.05, 0.1) is 6.54 Å². The van der Waals surface area contributed by atoms with Gasteiger partial charge in [0, 0.05) is 19.1 Å². The van der Waals surface area contributed by atoms with Crippen molar-refractivity contribution in [2.75, 3.05) is 26.2 Å². The SMILES string of the molecule is NC(=O)CN1CC(CC2CC2)CC(NCC2CCC2)C1. The topological polar surface area (TPSA) is 58.4 Å². The third-order valence-electron chi connectivity index (χ3n) is 5.28. The molecule has 1 saturated heterocycles. The molecule has 2 unspecified atom stereocenters. The van der Waals surface area contributed by atoms with E-state index < -0.39 is 0 Å². The molecule has 0 bridgehead atoms. The van der Waals surface area contributed by atoms with Gasteiger partial charge in [0.1, 0.15) is 0 Å². The molecule has 0 aromatic carbocycles. The number of amides is 1. The number of nitrogens with zero attached hydrogens (tertiary/aromatic N) is 1. The van der Waals surface area contributed by atoms with Crippen molar-refractivity contribution in [1.82, 2.24) is 10.2 Å². The Morgan fingerprint density at radius 1 is 1.10 bits per heavy atom. The van der Waals surface area contributed by atoms with Gasteiger partial charge in [0.25, 0.3) is 0 Å². The Kier molecular flexibility index (Phi) is 4.61. The fraction of sp³-hybridized carbons (Fsp3) is 0.938. The minimum atomic E-state index is -0.185. The van der Waals surface area contributed by atoms with Crippen LogP contribution in [0.4, 0.5) is 0 Å². The van der Waals surface area contributed by atoms with Gasteiger partial charge in [-0.1, -0.05) is 19.3 Å². The molecule has 0 radical (unpaired) electrons. The second kappa shape index (κ2) is 6.44. The fourth-order valence-electron chi connectivity index (χ4n) is 3.83. The highest BCUT2D eigenvalue weighted by molar-refractivity contribution is 5.75. The summed E-state index contributed by atoms with van der Waals surface area (Å²) in [5.74, 6) is 2.45. The number of rotatable bonds is 7. The number of hydrogen-bond donors (Lipinski definition) is 2. The molecule has 3 aliphatic rings. The molecule has 3 N–H and O–H groups in total. The summed E-state index contributed by atoms with van der Waals surface area (Å²) in [5.41, 5.74) is 5.38. The average molecular weight is 279 g/mol. The lowest BCUT2D eigenvalue weighted by Crippen LogP contribution is -2.52. The van der Waals surface area contributed by atoms with E-state index in [-0.39, 0.29) is 5.91 Å². The summed E-state index contributed by atoms with van der Waals surface area (Å²) in [6.07, 6.45) is 9.70. The fourth-order valence-corrected chi connectivity index (χ4v) is 3.83. The van der Waals surface area contributed by atoms with Gasteiger partial charge in [0.2, 0.25) is 5.91 Å². The summed E-state index contributed by atoms with van der Waals surface area (Å²) < 4.78 is 0. The van der Waals surface area contributed by atoms with Crippen LogP contribution < -0.4 is 11.1 Å². The number of piperidine rings is 1. The van der Waals surface area contributed by atoms with E-state index in [4.69, 9.17) is 5.73 Å². The highest BCUT2D eigenvalue weighted by atomic mass is 16.1. The van der Waals surface area contributed by atoms with Crippen LogP contribution in [-0.4, -0.2) is 43.0 Å². The monoisotopic (exact) mass is 279 g/mol. The van der Waals surface area contributed by atoms with E-state index in [0.29, 0.717) is 12.6 Å². The minimum absolute atomic E-state index is 0.185. The molecule has 0 aromatic heterocycles. The third kappa shape index (κ3) is 4.19. The Balaban J connectivity index is 1.48. The van der Waals surface area contributed by atoms with Crippen molar-refractivity contribution in [1.29, 1.82) is 0 Å². The van der Waals surface area contributed by atoms with Gasteiger partial charge in [-0.2, -0.15) is 0 Å². The maximum atomic E-state index is 11.2. The molecular weight excluding hydrogens is 250 g/mol. The van der Waals surface area contributed by atoms with Gasteiger partial charge >= 0.3 is 0 Å². The molecular formula is C16H29N3O. The van der Waals surface area contributed by atoms with Crippen LogP contribution in [0.25, 0.3) is 0 Å². The van der Waals surface area contributed by atoms with E-state index in [1.807, 2.05) is 0 Å². The van der Waals surface area contributed by atoms with E-state index in [1.54, 1.807) is 0 Å². The maximum Gasteiger partial charge on any atom is 0.231 e.